The third-order valence-corrected chi connectivity index (χ3v) is 4.62. The number of carbonyl (C=O) groups excluding carboxylic acids is 2. The number of amides is 2. The second-order valence-electron chi connectivity index (χ2n) is 5.42. The van der Waals surface area contributed by atoms with Gasteiger partial charge in [-0.25, -0.2) is 0 Å². The maximum atomic E-state index is 12.1. The lowest BCUT2D eigenvalue weighted by Gasteiger charge is -2.19. The smallest absolute Gasteiger partial charge is 0.257 e. The van der Waals surface area contributed by atoms with Crippen LogP contribution in [-0.2, 0) is 9.59 Å². The van der Waals surface area contributed by atoms with Crippen molar-refractivity contribution in [2.24, 2.45) is 0 Å². The van der Waals surface area contributed by atoms with Crippen molar-refractivity contribution < 1.29 is 9.59 Å². The van der Waals surface area contributed by atoms with Crippen molar-refractivity contribution in [3.05, 3.63) is 48.5 Å². The Labute approximate surface area is 169 Å². The molecule has 4 nitrogen and oxygen atoms in total. The van der Waals surface area contributed by atoms with Gasteiger partial charge in [0, 0.05) is 10.8 Å². The van der Waals surface area contributed by atoms with E-state index in [1.54, 1.807) is 0 Å². The lowest BCUT2D eigenvalue weighted by atomic mass is 9.98. The number of hydrogen-bond donors (Lipinski definition) is 2. The molecule has 0 aliphatic heterocycles. The SMILES string of the molecule is O=C(Nc1c(NC(=O)C(Cl)Cl)c2ccccc2c2ccccc12)C(Cl)Cl. The Morgan fingerprint density at radius 3 is 1.23 bits per heavy atom. The topological polar surface area (TPSA) is 58.2 Å². The first-order chi connectivity index (χ1) is 12.4. The van der Waals surface area contributed by atoms with E-state index in [1.807, 2.05) is 48.5 Å². The van der Waals surface area contributed by atoms with Gasteiger partial charge in [0.1, 0.15) is 0 Å². The van der Waals surface area contributed by atoms with Crippen LogP contribution >= 0.6 is 46.4 Å². The van der Waals surface area contributed by atoms with Gasteiger partial charge in [0.2, 0.25) is 0 Å². The summed E-state index contributed by atoms with van der Waals surface area (Å²) in [5.74, 6) is -1.23. The summed E-state index contributed by atoms with van der Waals surface area (Å²) in [6.45, 7) is 0. The Morgan fingerprint density at radius 1 is 0.615 bits per heavy atom. The molecule has 0 unspecified atom stereocenters. The average Bonchev–Trinajstić information content (AvgIpc) is 2.63. The largest absolute Gasteiger partial charge is 0.321 e. The number of benzene rings is 3. The Balaban J connectivity index is 2.34. The van der Waals surface area contributed by atoms with Crippen molar-refractivity contribution in [3.63, 3.8) is 0 Å². The van der Waals surface area contributed by atoms with Gasteiger partial charge in [-0.2, -0.15) is 0 Å². The van der Waals surface area contributed by atoms with Crippen LogP contribution in [-0.4, -0.2) is 21.5 Å². The summed E-state index contributed by atoms with van der Waals surface area (Å²) in [7, 11) is 0. The number of hydrogen-bond acceptors (Lipinski definition) is 2. The molecule has 0 spiro atoms. The highest BCUT2D eigenvalue weighted by Gasteiger charge is 2.21. The van der Waals surface area contributed by atoms with Crippen LogP contribution in [0, 0.1) is 0 Å². The summed E-state index contributed by atoms with van der Waals surface area (Å²) in [6.07, 6.45) is 0. The van der Waals surface area contributed by atoms with Crippen molar-refractivity contribution in [2.75, 3.05) is 10.6 Å². The minimum absolute atomic E-state index is 0.373. The van der Waals surface area contributed by atoms with Gasteiger partial charge in [-0.1, -0.05) is 94.9 Å². The summed E-state index contributed by atoms with van der Waals surface area (Å²) in [5.41, 5.74) is 0.746. The van der Waals surface area contributed by atoms with E-state index in [0.717, 1.165) is 10.8 Å². The van der Waals surface area contributed by atoms with Gasteiger partial charge >= 0.3 is 0 Å². The van der Waals surface area contributed by atoms with E-state index < -0.39 is 21.5 Å². The molecule has 2 N–H and O–H groups in total. The van der Waals surface area contributed by atoms with Gasteiger partial charge in [-0.15, -0.1) is 0 Å². The molecule has 0 aliphatic carbocycles. The molecular formula is C18H12Cl4N2O2. The second kappa shape index (κ2) is 7.89. The van der Waals surface area contributed by atoms with E-state index >= 15 is 0 Å². The van der Waals surface area contributed by atoms with E-state index in [4.69, 9.17) is 46.4 Å². The first kappa shape index (κ1) is 19.1. The molecular weight excluding hydrogens is 418 g/mol. The molecule has 3 aromatic rings. The average molecular weight is 430 g/mol. The highest BCUT2D eigenvalue weighted by Crippen LogP contribution is 2.40. The monoisotopic (exact) mass is 428 g/mol. The number of alkyl halides is 4. The first-order valence-corrected chi connectivity index (χ1v) is 9.26. The third kappa shape index (κ3) is 3.69. The Morgan fingerprint density at radius 2 is 0.923 bits per heavy atom. The van der Waals surface area contributed by atoms with Gasteiger partial charge in [0.15, 0.2) is 9.67 Å². The van der Waals surface area contributed by atoms with E-state index in [1.165, 1.54) is 0 Å². The summed E-state index contributed by atoms with van der Waals surface area (Å²) < 4.78 is 0. The maximum absolute atomic E-state index is 12.1. The number of nitrogens with one attached hydrogen (secondary N) is 2. The molecule has 134 valence electrons. The summed E-state index contributed by atoms with van der Waals surface area (Å²) in [6, 6.07) is 14.9. The Kier molecular flexibility index (Phi) is 5.78. The zero-order chi connectivity index (χ0) is 18.8. The molecule has 0 saturated carbocycles. The van der Waals surface area contributed by atoms with Crippen molar-refractivity contribution in [1.29, 1.82) is 0 Å². The van der Waals surface area contributed by atoms with Crippen LogP contribution in [0.5, 0.6) is 0 Å². The zero-order valence-electron chi connectivity index (χ0n) is 13.1. The van der Waals surface area contributed by atoms with Gasteiger partial charge in [0.25, 0.3) is 11.8 Å². The summed E-state index contributed by atoms with van der Waals surface area (Å²) >= 11 is 22.7. The molecule has 3 aromatic carbocycles. The predicted molar refractivity (Wildman–Crippen MR) is 110 cm³/mol. The van der Waals surface area contributed by atoms with Crippen LogP contribution in [0.2, 0.25) is 0 Å². The zero-order valence-corrected chi connectivity index (χ0v) is 16.1. The van der Waals surface area contributed by atoms with Gasteiger partial charge < -0.3 is 10.6 Å². The molecule has 0 fully saturated rings. The lowest BCUT2D eigenvalue weighted by molar-refractivity contribution is -0.115. The molecule has 0 bridgehead atoms. The van der Waals surface area contributed by atoms with Crippen LogP contribution in [0.3, 0.4) is 0 Å². The van der Waals surface area contributed by atoms with Gasteiger partial charge in [0.05, 0.1) is 11.4 Å². The second-order valence-corrected chi connectivity index (χ2v) is 7.61. The Hall–Kier alpha value is -1.72. The summed E-state index contributed by atoms with van der Waals surface area (Å²) in [5, 5.41) is 8.58. The van der Waals surface area contributed by atoms with E-state index in [0.29, 0.717) is 22.1 Å². The molecule has 2 amide bonds. The number of anilines is 2. The predicted octanol–water partition coefficient (Wildman–Crippen LogP) is 5.48. The quantitative estimate of drug-likeness (QED) is 0.328. The van der Waals surface area contributed by atoms with Gasteiger partial charge in [-0.3, -0.25) is 9.59 Å². The number of halogens is 4. The molecule has 0 atom stereocenters. The molecule has 0 aliphatic rings. The van der Waals surface area contributed by atoms with Crippen molar-refractivity contribution >= 4 is 91.1 Å². The molecule has 3 rings (SSSR count). The molecule has 0 radical (unpaired) electrons. The van der Waals surface area contributed by atoms with Crippen LogP contribution < -0.4 is 10.6 Å². The van der Waals surface area contributed by atoms with Crippen LogP contribution in [0.25, 0.3) is 21.5 Å². The maximum Gasteiger partial charge on any atom is 0.257 e. The minimum atomic E-state index is -1.27. The fraction of sp³-hybridized carbons (Fsp3) is 0.111. The molecule has 8 heteroatoms. The fourth-order valence-electron chi connectivity index (χ4n) is 2.76. The highest BCUT2D eigenvalue weighted by atomic mass is 35.5. The first-order valence-electron chi connectivity index (χ1n) is 7.51. The van der Waals surface area contributed by atoms with E-state index in [2.05, 4.69) is 10.6 Å². The normalized spacial score (nSPS) is 11.3. The lowest BCUT2D eigenvalue weighted by Crippen LogP contribution is -2.23. The standard InChI is InChI=1S/C18H12Cl4N2O2/c19-15(20)17(25)23-13-11-7-3-1-5-9(11)10-6-2-4-8-12(10)14(13)24-18(26)16(21)22/h1-8,15-16H,(H,23,25)(H,24,26). The Bertz CT molecular complexity index is 924. The van der Waals surface area contributed by atoms with Crippen LogP contribution in [0.4, 0.5) is 11.4 Å². The highest BCUT2D eigenvalue weighted by molar-refractivity contribution is 6.55. The van der Waals surface area contributed by atoms with E-state index in [-0.39, 0.29) is 0 Å². The van der Waals surface area contributed by atoms with Crippen molar-refractivity contribution in [3.8, 4) is 0 Å². The molecule has 26 heavy (non-hydrogen) atoms. The van der Waals surface area contributed by atoms with Gasteiger partial charge in [-0.05, 0) is 10.8 Å². The van der Waals surface area contributed by atoms with Crippen LogP contribution in [0.15, 0.2) is 48.5 Å². The molecule has 0 aromatic heterocycles. The third-order valence-electron chi connectivity index (χ3n) is 3.83. The van der Waals surface area contributed by atoms with E-state index in [9.17, 15) is 9.59 Å². The van der Waals surface area contributed by atoms with Crippen molar-refractivity contribution in [1.82, 2.24) is 0 Å². The summed E-state index contributed by atoms with van der Waals surface area (Å²) in [4.78, 5) is 21.7. The van der Waals surface area contributed by atoms with Crippen molar-refractivity contribution in [2.45, 2.75) is 9.67 Å². The minimum Gasteiger partial charge on any atom is -0.321 e. The molecule has 0 saturated heterocycles. The van der Waals surface area contributed by atoms with Crippen LogP contribution in [0.1, 0.15) is 0 Å². The molecule has 0 heterocycles. The number of carbonyl (C=O) groups is 2. The number of rotatable bonds is 4. The fourth-order valence-corrected chi connectivity index (χ4v) is 2.97. The number of fused-ring (bicyclic) bond motifs is 3.